The number of benzene rings is 1. The normalized spacial score (nSPS) is 13.8. The van der Waals surface area contributed by atoms with Crippen molar-refractivity contribution in [3.8, 4) is 5.75 Å². The minimum absolute atomic E-state index is 0.0611. The second-order valence-corrected chi connectivity index (χ2v) is 5.50. The minimum Gasteiger partial charge on any atom is -0.496 e. The number of carbonyl (C=O) groups is 1. The zero-order chi connectivity index (χ0) is 15.3. The zero-order valence-electron chi connectivity index (χ0n) is 12.8. The van der Waals surface area contributed by atoms with E-state index in [1.807, 2.05) is 26.8 Å². The molecule has 5 nitrogen and oxygen atoms in total. The predicted molar refractivity (Wildman–Crippen MR) is 80.2 cm³/mol. The van der Waals surface area contributed by atoms with Crippen molar-refractivity contribution in [2.24, 2.45) is 5.92 Å². The highest BCUT2D eigenvalue weighted by molar-refractivity contribution is 5.89. The molecule has 0 saturated heterocycles. The summed E-state index contributed by atoms with van der Waals surface area (Å²) in [6, 6.07) is 5.07. The Bertz CT molecular complexity index is 470. The van der Waals surface area contributed by atoms with Gasteiger partial charge in [0.1, 0.15) is 5.75 Å². The van der Waals surface area contributed by atoms with Crippen LogP contribution in [-0.2, 0) is 0 Å². The van der Waals surface area contributed by atoms with Crippen LogP contribution in [-0.4, -0.2) is 30.4 Å². The molecule has 0 fully saturated rings. The number of ether oxygens (including phenoxy) is 1. The van der Waals surface area contributed by atoms with Crippen molar-refractivity contribution in [2.45, 2.75) is 33.3 Å². The standard InChI is InChI=1S/C15H24N2O3/c1-10(2)15(4,19)9-16-14(18)17-12-6-7-13(20-5)11(3)8-12/h6-8,10,19H,9H2,1-5H3,(H2,16,17,18). The number of carbonyl (C=O) groups excluding carboxylic acids is 1. The molecule has 0 aliphatic rings. The molecule has 0 aliphatic carbocycles. The monoisotopic (exact) mass is 280 g/mol. The van der Waals surface area contributed by atoms with E-state index >= 15 is 0 Å². The quantitative estimate of drug-likeness (QED) is 0.776. The van der Waals surface area contributed by atoms with Gasteiger partial charge < -0.3 is 20.5 Å². The summed E-state index contributed by atoms with van der Waals surface area (Å²) >= 11 is 0. The molecule has 0 spiro atoms. The summed E-state index contributed by atoms with van der Waals surface area (Å²) in [4.78, 5) is 11.8. The van der Waals surface area contributed by atoms with Gasteiger partial charge in [0, 0.05) is 12.2 Å². The third-order valence-corrected chi connectivity index (χ3v) is 3.50. The van der Waals surface area contributed by atoms with Crippen LogP contribution in [0.2, 0.25) is 0 Å². The summed E-state index contributed by atoms with van der Waals surface area (Å²) in [5.74, 6) is 0.838. The highest BCUT2D eigenvalue weighted by Gasteiger charge is 2.25. The Hall–Kier alpha value is -1.75. The second-order valence-electron chi connectivity index (χ2n) is 5.50. The van der Waals surface area contributed by atoms with E-state index in [0.717, 1.165) is 11.3 Å². The smallest absolute Gasteiger partial charge is 0.319 e. The molecule has 0 radical (unpaired) electrons. The number of aryl methyl sites for hydroxylation is 1. The summed E-state index contributed by atoms with van der Waals surface area (Å²) < 4.78 is 5.16. The average molecular weight is 280 g/mol. The van der Waals surface area contributed by atoms with Gasteiger partial charge in [0.15, 0.2) is 0 Å². The molecule has 1 unspecified atom stereocenters. The van der Waals surface area contributed by atoms with Gasteiger partial charge in [-0.15, -0.1) is 0 Å². The lowest BCUT2D eigenvalue weighted by atomic mass is 9.93. The van der Waals surface area contributed by atoms with Crippen LogP contribution in [0.3, 0.4) is 0 Å². The fraction of sp³-hybridized carbons (Fsp3) is 0.533. The molecule has 0 aliphatic heterocycles. The van der Waals surface area contributed by atoms with Crippen molar-refractivity contribution >= 4 is 11.7 Å². The Balaban J connectivity index is 2.57. The first-order chi connectivity index (χ1) is 9.26. The zero-order valence-corrected chi connectivity index (χ0v) is 12.8. The second kappa shape index (κ2) is 6.61. The van der Waals surface area contributed by atoms with E-state index in [-0.39, 0.29) is 18.5 Å². The minimum atomic E-state index is -0.923. The summed E-state index contributed by atoms with van der Waals surface area (Å²) in [7, 11) is 1.61. The van der Waals surface area contributed by atoms with Gasteiger partial charge in [-0.25, -0.2) is 4.79 Å². The molecule has 3 N–H and O–H groups in total. The highest BCUT2D eigenvalue weighted by Crippen LogP contribution is 2.21. The molecule has 0 heterocycles. The summed E-state index contributed by atoms with van der Waals surface area (Å²) in [5, 5.41) is 15.5. The summed E-state index contributed by atoms with van der Waals surface area (Å²) in [6.45, 7) is 7.63. The first kappa shape index (κ1) is 16.3. The number of anilines is 1. The Kier molecular flexibility index (Phi) is 5.39. The van der Waals surface area contributed by atoms with Gasteiger partial charge >= 0.3 is 6.03 Å². The van der Waals surface area contributed by atoms with Crippen LogP contribution in [0.5, 0.6) is 5.75 Å². The lowest BCUT2D eigenvalue weighted by molar-refractivity contribution is 0.0170. The Morgan fingerprint density at radius 3 is 2.60 bits per heavy atom. The number of amides is 2. The van der Waals surface area contributed by atoms with Crippen molar-refractivity contribution in [2.75, 3.05) is 19.0 Å². The first-order valence-electron chi connectivity index (χ1n) is 6.68. The lowest BCUT2D eigenvalue weighted by Gasteiger charge is -2.27. The van der Waals surface area contributed by atoms with E-state index in [1.165, 1.54) is 0 Å². The molecular weight excluding hydrogens is 256 g/mol. The van der Waals surface area contributed by atoms with Crippen LogP contribution in [0.15, 0.2) is 18.2 Å². The van der Waals surface area contributed by atoms with Crippen LogP contribution < -0.4 is 15.4 Å². The molecule has 1 aromatic carbocycles. The van der Waals surface area contributed by atoms with Gasteiger partial charge in [-0.1, -0.05) is 13.8 Å². The fourth-order valence-electron chi connectivity index (χ4n) is 1.59. The lowest BCUT2D eigenvalue weighted by Crippen LogP contribution is -2.45. The summed E-state index contributed by atoms with van der Waals surface area (Å²) in [6.07, 6.45) is 0. The molecule has 20 heavy (non-hydrogen) atoms. The van der Waals surface area contributed by atoms with Crippen molar-refractivity contribution in [1.29, 1.82) is 0 Å². The molecule has 112 valence electrons. The Morgan fingerprint density at radius 1 is 1.45 bits per heavy atom. The number of aliphatic hydroxyl groups is 1. The van der Waals surface area contributed by atoms with Crippen LogP contribution in [0.25, 0.3) is 0 Å². The van der Waals surface area contributed by atoms with Gasteiger partial charge in [0.25, 0.3) is 0 Å². The third kappa shape index (κ3) is 4.42. The Labute approximate surface area is 120 Å². The number of nitrogens with one attached hydrogen (secondary N) is 2. The van der Waals surface area contributed by atoms with E-state index in [1.54, 1.807) is 26.2 Å². The number of methoxy groups -OCH3 is 1. The topological polar surface area (TPSA) is 70.6 Å². The Morgan fingerprint density at radius 2 is 2.10 bits per heavy atom. The van der Waals surface area contributed by atoms with Crippen LogP contribution in [0.4, 0.5) is 10.5 Å². The van der Waals surface area contributed by atoms with E-state index in [0.29, 0.717) is 5.69 Å². The van der Waals surface area contributed by atoms with Crippen LogP contribution in [0, 0.1) is 12.8 Å². The molecule has 0 aromatic heterocycles. The largest absolute Gasteiger partial charge is 0.496 e. The fourth-order valence-corrected chi connectivity index (χ4v) is 1.59. The predicted octanol–water partition coefficient (Wildman–Crippen LogP) is 2.53. The van der Waals surface area contributed by atoms with E-state index < -0.39 is 5.60 Å². The molecule has 5 heteroatoms. The van der Waals surface area contributed by atoms with Gasteiger partial charge in [0.2, 0.25) is 0 Å². The maximum Gasteiger partial charge on any atom is 0.319 e. The van der Waals surface area contributed by atoms with Gasteiger partial charge in [0.05, 0.1) is 12.7 Å². The van der Waals surface area contributed by atoms with Gasteiger partial charge in [-0.05, 0) is 43.5 Å². The molecular formula is C15H24N2O3. The van der Waals surface area contributed by atoms with Crippen molar-refractivity contribution < 1.29 is 14.6 Å². The third-order valence-electron chi connectivity index (χ3n) is 3.50. The van der Waals surface area contributed by atoms with Gasteiger partial charge in [-0.3, -0.25) is 0 Å². The van der Waals surface area contributed by atoms with Crippen molar-refractivity contribution in [3.63, 3.8) is 0 Å². The molecule has 0 saturated carbocycles. The van der Waals surface area contributed by atoms with Gasteiger partial charge in [-0.2, -0.15) is 0 Å². The maximum atomic E-state index is 11.8. The van der Waals surface area contributed by atoms with E-state index in [9.17, 15) is 9.90 Å². The average Bonchev–Trinajstić information content (AvgIpc) is 2.36. The molecule has 1 atom stereocenters. The molecule has 0 bridgehead atoms. The van der Waals surface area contributed by atoms with Crippen LogP contribution in [0.1, 0.15) is 26.3 Å². The first-order valence-corrected chi connectivity index (χ1v) is 6.68. The number of urea groups is 1. The van der Waals surface area contributed by atoms with E-state index in [4.69, 9.17) is 4.74 Å². The number of rotatable bonds is 5. The number of hydrogen-bond acceptors (Lipinski definition) is 3. The highest BCUT2D eigenvalue weighted by atomic mass is 16.5. The molecule has 1 aromatic rings. The molecule has 1 rings (SSSR count). The van der Waals surface area contributed by atoms with Crippen molar-refractivity contribution in [1.82, 2.24) is 5.32 Å². The summed E-state index contributed by atoms with van der Waals surface area (Å²) in [5.41, 5.74) is 0.706. The van der Waals surface area contributed by atoms with Crippen molar-refractivity contribution in [3.05, 3.63) is 23.8 Å². The maximum absolute atomic E-state index is 11.8. The van der Waals surface area contributed by atoms with E-state index in [2.05, 4.69) is 10.6 Å². The number of hydrogen-bond donors (Lipinski definition) is 3. The van der Waals surface area contributed by atoms with Crippen LogP contribution >= 0.6 is 0 Å². The molecule has 2 amide bonds. The SMILES string of the molecule is COc1ccc(NC(=O)NCC(C)(O)C(C)C)cc1C.